The van der Waals surface area contributed by atoms with E-state index in [9.17, 15) is 14.4 Å². The Morgan fingerprint density at radius 1 is 1.00 bits per heavy atom. The molecule has 0 spiro atoms. The molecule has 0 amide bonds. The molecule has 0 aliphatic carbocycles. The quantitative estimate of drug-likeness (QED) is 0.474. The van der Waals surface area contributed by atoms with Crippen LogP contribution in [0.3, 0.4) is 0 Å². The summed E-state index contributed by atoms with van der Waals surface area (Å²) in [5.74, 6) is 0. The molecule has 2 aromatic rings. The third-order valence-corrected chi connectivity index (χ3v) is 1.68. The Morgan fingerprint density at radius 2 is 1.75 bits per heavy atom. The first-order chi connectivity index (χ1) is 5.72. The van der Waals surface area contributed by atoms with Crippen LogP contribution in [0.25, 0.3) is 10.9 Å². The van der Waals surface area contributed by atoms with Crippen LogP contribution in [-0.4, -0.2) is 4.98 Å². The molecule has 2 rings (SSSR count). The number of aromatic nitrogens is 1. The maximum absolute atomic E-state index is 11.0. The van der Waals surface area contributed by atoms with Crippen LogP contribution in [0.2, 0.25) is 0 Å². The molecular weight excluding hydrogens is 158 g/mol. The van der Waals surface area contributed by atoms with E-state index in [4.69, 9.17) is 0 Å². The summed E-state index contributed by atoms with van der Waals surface area (Å²) in [5, 5.41) is 0.118. The molecule has 1 aromatic carbocycles. The van der Waals surface area contributed by atoms with Crippen molar-refractivity contribution in [3.63, 3.8) is 0 Å². The zero-order chi connectivity index (χ0) is 8.72. The molecule has 0 N–H and O–H groups in total. The summed E-state index contributed by atoms with van der Waals surface area (Å²) >= 11 is 0. The Hall–Kier alpha value is -1.84. The normalized spacial score (nSPS) is 10.7. The first-order valence-electron chi connectivity index (χ1n) is 3.30. The molecule has 1 heterocycles. The molecule has 0 saturated heterocycles. The molecule has 0 aliphatic rings. The average molecular weight is 161 g/mol. The Bertz CT molecular complexity index is 528. The average Bonchev–Trinajstić information content (AvgIpc) is 2.33. The van der Waals surface area contributed by atoms with Gasteiger partial charge in [0.2, 0.25) is 5.43 Å². The van der Waals surface area contributed by atoms with E-state index in [0.717, 1.165) is 0 Å². The number of hydrogen-bond acceptors (Lipinski definition) is 4. The number of rotatable bonds is 0. The summed E-state index contributed by atoms with van der Waals surface area (Å²) in [7, 11) is 0. The summed E-state index contributed by atoms with van der Waals surface area (Å²) in [6, 6.07) is 2.94. The monoisotopic (exact) mass is 161 g/mol. The minimum atomic E-state index is -0.983. The van der Waals surface area contributed by atoms with Gasteiger partial charge in [0.05, 0.1) is 5.39 Å². The van der Waals surface area contributed by atoms with Crippen molar-refractivity contribution >= 4 is 10.9 Å². The van der Waals surface area contributed by atoms with E-state index in [1.54, 1.807) is 0 Å². The number of hydrogen-bond donors (Lipinski definition) is 0. The third kappa shape index (κ3) is 0.661. The van der Waals surface area contributed by atoms with Crippen LogP contribution in [0.4, 0.5) is 0 Å². The van der Waals surface area contributed by atoms with Crippen molar-refractivity contribution in [3.8, 4) is 0 Å². The summed E-state index contributed by atoms with van der Waals surface area (Å²) in [5.41, 5.74) is -2.55. The molecule has 0 saturated carbocycles. The highest BCUT2D eigenvalue weighted by molar-refractivity contribution is 5.79. The van der Waals surface area contributed by atoms with E-state index < -0.39 is 16.3 Å². The van der Waals surface area contributed by atoms with E-state index in [2.05, 4.69) is 4.98 Å². The molecule has 1 aromatic heterocycles. The predicted molar refractivity (Wildman–Crippen MR) is 42.9 cm³/mol. The molecule has 0 bridgehead atoms. The van der Waals surface area contributed by atoms with Gasteiger partial charge in [0.1, 0.15) is 5.52 Å². The second kappa shape index (κ2) is 2.07. The summed E-state index contributed by atoms with van der Waals surface area (Å²) in [6.07, 6.45) is 1.38. The van der Waals surface area contributed by atoms with E-state index in [-0.39, 0.29) is 10.9 Å². The topological polar surface area (TPSA) is 64.1 Å². The van der Waals surface area contributed by atoms with Gasteiger partial charge >= 0.3 is 0 Å². The lowest BCUT2D eigenvalue weighted by Crippen LogP contribution is -2.29. The summed E-state index contributed by atoms with van der Waals surface area (Å²) in [6.45, 7) is 0. The fourth-order valence-corrected chi connectivity index (χ4v) is 1.10. The van der Waals surface area contributed by atoms with Gasteiger partial charge in [-0.2, -0.15) is 0 Å². The fraction of sp³-hybridized carbons (Fsp3) is 0. The van der Waals surface area contributed by atoms with Gasteiger partial charge in [-0.15, -0.1) is 0 Å². The minimum Gasteiger partial charge on any atom is -0.285 e. The Balaban J connectivity index is 3.33. The van der Waals surface area contributed by atoms with Crippen LogP contribution in [0, 0.1) is 0 Å². The molecule has 12 heavy (non-hydrogen) atoms. The Labute approximate surface area is 65.8 Å². The predicted octanol–water partition coefficient (Wildman–Crippen LogP) is -0.809. The van der Waals surface area contributed by atoms with E-state index in [1.165, 1.54) is 18.3 Å². The van der Waals surface area contributed by atoms with Gasteiger partial charge in [0.15, 0.2) is 0 Å². The van der Waals surface area contributed by atoms with Crippen LogP contribution < -0.4 is 16.3 Å². The maximum Gasteiger partial charge on any atom is 0.275 e. The number of pyridine rings is 1. The molecule has 0 aliphatic heterocycles. The first-order valence-corrected chi connectivity index (χ1v) is 3.30. The highest BCUT2D eigenvalue weighted by atomic mass is 16.2. The van der Waals surface area contributed by atoms with Gasteiger partial charge in [0.25, 0.3) is 10.9 Å². The molecule has 0 radical (unpaired) electrons. The van der Waals surface area contributed by atoms with E-state index in [1.807, 2.05) is 0 Å². The van der Waals surface area contributed by atoms with Gasteiger partial charge in [-0.3, -0.25) is 19.4 Å². The van der Waals surface area contributed by atoms with Crippen molar-refractivity contribution in [2.75, 3.05) is 0 Å². The SMILES string of the molecule is O=c1c(=O)c2cccnc2c1=O. The van der Waals surface area contributed by atoms with Gasteiger partial charge in [-0.1, -0.05) is 0 Å². The Morgan fingerprint density at radius 3 is 2.42 bits per heavy atom. The molecule has 4 nitrogen and oxygen atoms in total. The van der Waals surface area contributed by atoms with Crippen molar-refractivity contribution in [1.29, 1.82) is 0 Å². The van der Waals surface area contributed by atoms with Crippen molar-refractivity contribution in [2.45, 2.75) is 0 Å². The molecule has 0 fully saturated rings. The van der Waals surface area contributed by atoms with Crippen molar-refractivity contribution in [2.24, 2.45) is 0 Å². The number of nitrogens with zero attached hydrogens (tertiary/aromatic N) is 1. The highest BCUT2D eigenvalue weighted by Gasteiger charge is 2.11. The van der Waals surface area contributed by atoms with Crippen LogP contribution in [0.1, 0.15) is 0 Å². The van der Waals surface area contributed by atoms with Crippen molar-refractivity contribution in [3.05, 3.63) is 49.0 Å². The van der Waals surface area contributed by atoms with Crippen LogP contribution >= 0.6 is 0 Å². The zero-order valence-electron chi connectivity index (χ0n) is 5.90. The fourth-order valence-electron chi connectivity index (χ4n) is 1.10. The van der Waals surface area contributed by atoms with Gasteiger partial charge in [-0.25, -0.2) is 0 Å². The summed E-state index contributed by atoms with van der Waals surface area (Å²) in [4.78, 5) is 36.4. The van der Waals surface area contributed by atoms with Gasteiger partial charge in [0, 0.05) is 6.20 Å². The van der Waals surface area contributed by atoms with Gasteiger partial charge in [-0.05, 0) is 12.1 Å². The molecule has 0 unspecified atom stereocenters. The zero-order valence-corrected chi connectivity index (χ0v) is 5.90. The second-order valence-electron chi connectivity index (χ2n) is 2.39. The smallest absolute Gasteiger partial charge is 0.275 e. The lowest BCUT2D eigenvalue weighted by atomic mass is 10.3. The standard InChI is InChI=1S/C8H3NO3/c10-6-4-2-1-3-9-5(4)7(11)8(6)12/h1-3H. The molecule has 4 heteroatoms. The maximum atomic E-state index is 11.0. The third-order valence-electron chi connectivity index (χ3n) is 1.68. The molecule has 0 atom stereocenters. The van der Waals surface area contributed by atoms with Crippen LogP contribution in [0.5, 0.6) is 0 Å². The van der Waals surface area contributed by atoms with Crippen LogP contribution in [0.15, 0.2) is 32.7 Å². The Kier molecular flexibility index (Phi) is 1.18. The first kappa shape index (κ1) is 6.84. The molecular formula is C8H3NO3. The largest absolute Gasteiger partial charge is 0.285 e. The van der Waals surface area contributed by atoms with Gasteiger partial charge < -0.3 is 0 Å². The number of fused-ring (bicyclic) bond motifs is 1. The lowest BCUT2D eigenvalue weighted by molar-refractivity contribution is 1.40. The van der Waals surface area contributed by atoms with E-state index >= 15 is 0 Å². The van der Waals surface area contributed by atoms with Crippen LogP contribution in [-0.2, 0) is 0 Å². The lowest BCUT2D eigenvalue weighted by Gasteiger charge is -1.80. The van der Waals surface area contributed by atoms with E-state index in [0.29, 0.717) is 0 Å². The van der Waals surface area contributed by atoms with Crippen molar-refractivity contribution < 1.29 is 0 Å². The minimum absolute atomic E-state index is 0.0208. The highest BCUT2D eigenvalue weighted by Crippen LogP contribution is 1.96. The van der Waals surface area contributed by atoms with Crippen molar-refractivity contribution in [1.82, 2.24) is 4.98 Å². The second-order valence-corrected chi connectivity index (χ2v) is 2.39. The summed E-state index contributed by atoms with van der Waals surface area (Å²) < 4.78 is 0. The molecule has 58 valence electrons.